The molecule has 158 valence electrons. The Morgan fingerprint density at radius 2 is 1.83 bits per heavy atom. The molecule has 0 bridgehead atoms. The number of carbonyl (C=O) groups is 1. The van der Waals surface area contributed by atoms with Gasteiger partial charge in [-0.15, -0.1) is 0 Å². The molecule has 30 heavy (non-hydrogen) atoms. The van der Waals surface area contributed by atoms with E-state index in [-0.39, 0.29) is 5.91 Å². The van der Waals surface area contributed by atoms with E-state index in [1.165, 1.54) is 0 Å². The van der Waals surface area contributed by atoms with Crippen LogP contribution in [-0.4, -0.2) is 53.3 Å². The van der Waals surface area contributed by atoms with Crippen molar-refractivity contribution in [1.82, 2.24) is 19.5 Å². The Morgan fingerprint density at radius 1 is 1.10 bits per heavy atom. The number of aromatic nitrogens is 3. The van der Waals surface area contributed by atoms with Crippen molar-refractivity contribution in [2.75, 3.05) is 27.9 Å². The zero-order valence-electron chi connectivity index (χ0n) is 17.8. The minimum Gasteiger partial charge on any atom is -0.496 e. The zero-order chi connectivity index (χ0) is 21.3. The summed E-state index contributed by atoms with van der Waals surface area (Å²) in [6.45, 7) is 3.18. The maximum absolute atomic E-state index is 12.9. The van der Waals surface area contributed by atoms with E-state index in [0.717, 1.165) is 34.6 Å². The second-order valence-electron chi connectivity index (χ2n) is 7.36. The van der Waals surface area contributed by atoms with E-state index in [2.05, 4.69) is 10.1 Å². The standard InChI is InChI=1S/C22H26N4O4/c1-14-9-21-23-12-15-13-25(8-7-18(15)26(21)24-14)22(27)6-5-17-19(29-3)10-16(28-2)11-20(17)30-4/h9-12H,5-8,13H2,1-4H3. The van der Waals surface area contributed by atoms with Crippen LogP contribution in [0.1, 0.15) is 28.9 Å². The molecule has 8 heteroatoms. The number of methoxy groups -OCH3 is 3. The Morgan fingerprint density at radius 3 is 2.50 bits per heavy atom. The van der Waals surface area contributed by atoms with Crippen molar-refractivity contribution < 1.29 is 19.0 Å². The molecular formula is C22H26N4O4. The minimum atomic E-state index is 0.0947. The molecule has 3 aromatic rings. The van der Waals surface area contributed by atoms with Gasteiger partial charge >= 0.3 is 0 Å². The first-order chi connectivity index (χ1) is 14.5. The largest absolute Gasteiger partial charge is 0.496 e. The van der Waals surface area contributed by atoms with Crippen molar-refractivity contribution in [2.45, 2.75) is 32.7 Å². The predicted molar refractivity (Wildman–Crippen MR) is 111 cm³/mol. The summed E-state index contributed by atoms with van der Waals surface area (Å²) in [4.78, 5) is 19.3. The van der Waals surface area contributed by atoms with Gasteiger partial charge in [-0.1, -0.05) is 0 Å². The van der Waals surface area contributed by atoms with Gasteiger partial charge in [-0.05, 0) is 13.3 Å². The number of ether oxygens (including phenoxy) is 3. The number of hydrogen-bond donors (Lipinski definition) is 0. The van der Waals surface area contributed by atoms with Gasteiger partial charge in [-0.25, -0.2) is 9.50 Å². The molecule has 0 saturated heterocycles. The van der Waals surface area contributed by atoms with Crippen LogP contribution < -0.4 is 14.2 Å². The van der Waals surface area contributed by atoms with Crippen molar-refractivity contribution in [1.29, 1.82) is 0 Å². The molecule has 3 heterocycles. The molecule has 2 aromatic heterocycles. The first-order valence-corrected chi connectivity index (χ1v) is 9.93. The second-order valence-corrected chi connectivity index (χ2v) is 7.36. The highest BCUT2D eigenvalue weighted by Crippen LogP contribution is 2.35. The fraction of sp³-hybridized carbons (Fsp3) is 0.409. The van der Waals surface area contributed by atoms with Gasteiger partial charge in [0.1, 0.15) is 17.2 Å². The molecule has 1 aliphatic rings. The number of nitrogens with zero attached hydrogens (tertiary/aromatic N) is 4. The topological polar surface area (TPSA) is 78.2 Å². The quantitative estimate of drug-likeness (QED) is 0.622. The molecule has 0 fully saturated rings. The number of rotatable bonds is 6. The van der Waals surface area contributed by atoms with E-state index in [9.17, 15) is 4.79 Å². The molecular weight excluding hydrogens is 384 g/mol. The van der Waals surface area contributed by atoms with Gasteiger partial charge in [0, 0.05) is 61.5 Å². The normalized spacial score (nSPS) is 13.3. The first-order valence-electron chi connectivity index (χ1n) is 9.93. The summed E-state index contributed by atoms with van der Waals surface area (Å²) in [5.74, 6) is 2.06. The maximum Gasteiger partial charge on any atom is 0.223 e. The molecule has 0 N–H and O–H groups in total. The zero-order valence-corrected chi connectivity index (χ0v) is 17.8. The average Bonchev–Trinajstić information content (AvgIpc) is 3.17. The van der Waals surface area contributed by atoms with Gasteiger partial charge in [0.25, 0.3) is 0 Å². The van der Waals surface area contributed by atoms with Crippen molar-refractivity contribution >= 4 is 11.6 Å². The van der Waals surface area contributed by atoms with Gasteiger partial charge in [-0.2, -0.15) is 5.10 Å². The lowest BCUT2D eigenvalue weighted by Gasteiger charge is -2.29. The van der Waals surface area contributed by atoms with Gasteiger partial charge in [-0.3, -0.25) is 4.79 Å². The number of amides is 1. The van der Waals surface area contributed by atoms with Crippen LogP contribution in [0.15, 0.2) is 24.4 Å². The summed E-state index contributed by atoms with van der Waals surface area (Å²) in [5.41, 5.74) is 4.84. The van der Waals surface area contributed by atoms with E-state index in [0.29, 0.717) is 43.2 Å². The average molecular weight is 410 g/mol. The van der Waals surface area contributed by atoms with Crippen molar-refractivity contribution in [3.8, 4) is 17.2 Å². The molecule has 8 nitrogen and oxygen atoms in total. The summed E-state index contributed by atoms with van der Waals surface area (Å²) >= 11 is 0. The molecule has 0 spiro atoms. The second kappa shape index (κ2) is 8.22. The Labute approximate surface area is 175 Å². The van der Waals surface area contributed by atoms with Crippen LogP contribution in [0.25, 0.3) is 5.65 Å². The number of carbonyl (C=O) groups excluding carboxylic acids is 1. The lowest BCUT2D eigenvalue weighted by molar-refractivity contribution is -0.132. The van der Waals surface area contributed by atoms with Crippen molar-refractivity contribution in [3.63, 3.8) is 0 Å². The maximum atomic E-state index is 12.9. The smallest absolute Gasteiger partial charge is 0.223 e. The lowest BCUT2D eigenvalue weighted by Crippen LogP contribution is -2.37. The van der Waals surface area contributed by atoms with Crippen LogP contribution in [0.3, 0.4) is 0 Å². The van der Waals surface area contributed by atoms with E-state index >= 15 is 0 Å². The molecule has 4 rings (SSSR count). The monoisotopic (exact) mass is 410 g/mol. The van der Waals surface area contributed by atoms with Gasteiger partial charge < -0.3 is 19.1 Å². The summed E-state index contributed by atoms with van der Waals surface area (Å²) in [6.07, 6.45) is 3.51. The molecule has 0 atom stereocenters. The molecule has 0 unspecified atom stereocenters. The summed E-state index contributed by atoms with van der Waals surface area (Å²) in [5, 5.41) is 4.54. The van der Waals surface area contributed by atoms with E-state index in [1.54, 1.807) is 21.3 Å². The first kappa shape index (κ1) is 20.0. The Hall–Kier alpha value is -3.29. The van der Waals surface area contributed by atoms with E-state index in [1.807, 2.05) is 40.7 Å². The fourth-order valence-corrected chi connectivity index (χ4v) is 3.98. The van der Waals surface area contributed by atoms with Crippen LogP contribution in [0, 0.1) is 6.92 Å². The highest BCUT2D eigenvalue weighted by Gasteiger charge is 2.24. The van der Waals surface area contributed by atoms with Crippen LogP contribution in [-0.2, 0) is 24.2 Å². The number of benzene rings is 1. The molecule has 1 aromatic carbocycles. The highest BCUT2D eigenvalue weighted by atomic mass is 16.5. The molecule has 1 amide bonds. The lowest BCUT2D eigenvalue weighted by atomic mass is 10.0. The molecule has 1 aliphatic heterocycles. The third kappa shape index (κ3) is 3.65. The Kier molecular flexibility index (Phi) is 5.48. The van der Waals surface area contributed by atoms with Crippen LogP contribution in [0.4, 0.5) is 0 Å². The third-order valence-electron chi connectivity index (χ3n) is 5.53. The summed E-state index contributed by atoms with van der Waals surface area (Å²) in [7, 11) is 4.80. The predicted octanol–water partition coefficient (Wildman–Crippen LogP) is 2.58. The van der Waals surface area contributed by atoms with Crippen molar-refractivity contribution in [3.05, 3.63) is 46.9 Å². The Bertz CT molecular complexity index is 1070. The minimum absolute atomic E-state index is 0.0947. The number of hydrogen-bond acceptors (Lipinski definition) is 6. The molecule has 0 radical (unpaired) electrons. The number of fused-ring (bicyclic) bond motifs is 3. The highest BCUT2D eigenvalue weighted by molar-refractivity contribution is 5.77. The third-order valence-corrected chi connectivity index (χ3v) is 5.53. The number of aryl methyl sites for hydroxylation is 1. The molecule has 0 saturated carbocycles. The van der Waals surface area contributed by atoms with E-state index in [4.69, 9.17) is 14.2 Å². The van der Waals surface area contributed by atoms with Crippen LogP contribution in [0.2, 0.25) is 0 Å². The van der Waals surface area contributed by atoms with E-state index < -0.39 is 0 Å². The Balaban J connectivity index is 1.49. The summed E-state index contributed by atoms with van der Waals surface area (Å²) in [6, 6.07) is 5.58. The van der Waals surface area contributed by atoms with Gasteiger partial charge in [0.15, 0.2) is 5.65 Å². The summed E-state index contributed by atoms with van der Waals surface area (Å²) < 4.78 is 18.2. The van der Waals surface area contributed by atoms with Gasteiger partial charge in [0.2, 0.25) is 5.91 Å². The van der Waals surface area contributed by atoms with Gasteiger partial charge in [0.05, 0.1) is 32.7 Å². The van der Waals surface area contributed by atoms with Crippen LogP contribution >= 0.6 is 0 Å². The molecule has 0 aliphatic carbocycles. The SMILES string of the molecule is COc1cc(OC)c(CCC(=O)N2CCc3c(cnc4cc(C)nn34)C2)c(OC)c1. The van der Waals surface area contributed by atoms with Crippen molar-refractivity contribution in [2.24, 2.45) is 0 Å². The van der Waals surface area contributed by atoms with Crippen LogP contribution in [0.5, 0.6) is 17.2 Å². The fourth-order valence-electron chi connectivity index (χ4n) is 3.98.